The summed E-state index contributed by atoms with van der Waals surface area (Å²) in [5.41, 5.74) is 1.93. The van der Waals surface area contributed by atoms with Crippen LogP contribution in [0, 0.1) is 5.82 Å². The van der Waals surface area contributed by atoms with Crippen LogP contribution >= 0.6 is 0 Å². The maximum absolute atomic E-state index is 13.1. The van der Waals surface area contributed by atoms with E-state index in [1.165, 1.54) is 17.7 Å². The average Bonchev–Trinajstić information content (AvgIpc) is 3.10. The molecule has 0 bridgehead atoms. The van der Waals surface area contributed by atoms with Gasteiger partial charge in [-0.3, -0.25) is 4.90 Å². The van der Waals surface area contributed by atoms with Crippen LogP contribution in [0.5, 0.6) is 11.5 Å². The largest absolute Gasteiger partial charge is 0.486 e. The molecule has 25 heavy (non-hydrogen) atoms. The highest BCUT2D eigenvalue weighted by molar-refractivity contribution is 5.44. The van der Waals surface area contributed by atoms with Gasteiger partial charge in [0.05, 0.1) is 6.10 Å². The van der Waals surface area contributed by atoms with E-state index in [1.54, 1.807) is 12.1 Å². The van der Waals surface area contributed by atoms with Gasteiger partial charge in [0, 0.05) is 12.6 Å². The number of β-amino-alcohol motifs (C(OH)–C–C–N with tert-alkyl or cyclic N) is 1. The van der Waals surface area contributed by atoms with E-state index in [0.29, 0.717) is 19.8 Å². The first-order valence-corrected chi connectivity index (χ1v) is 8.78. The van der Waals surface area contributed by atoms with E-state index in [0.717, 1.165) is 36.4 Å². The first-order valence-electron chi connectivity index (χ1n) is 8.78. The molecule has 0 aromatic heterocycles. The maximum atomic E-state index is 13.1. The number of fused-ring (bicyclic) bond motifs is 1. The van der Waals surface area contributed by atoms with Crippen molar-refractivity contribution >= 4 is 0 Å². The van der Waals surface area contributed by atoms with Crippen molar-refractivity contribution < 1.29 is 19.0 Å². The molecule has 4 rings (SSSR count). The standard InChI is InChI=1S/C20H22FNO3/c21-16-6-3-14(4-7-16)18(23)13-22-9-1-2-17(22)15-5-8-19-20(12-15)25-11-10-24-19/h3-8,12,17-18,23H,1-2,9-11,13H2. The van der Waals surface area contributed by atoms with Gasteiger partial charge in [0.1, 0.15) is 19.0 Å². The molecule has 0 spiro atoms. The minimum atomic E-state index is -0.626. The van der Waals surface area contributed by atoms with Gasteiger partial charge in [-0.15, -0.1) is 0 Å². The molecule has 2 aliphatic rings. The monoisotopic (exact) mass is 343 g/mol. The molecule has 5 heteroatoms. The molecule has 2 aliphatic heterocycles. The molecular formula is C20H22FNO3. The summed E-state index contributed by atoms with van der Waals surface area (Å²) in [6.07, 6.45) is 1.52. The van der Waals surface area contributed by atoms with Gasteiger partial charge >= 0.3 is 0 Å². The van der Waals surface area contributed by atoms with Crippen molar-refractivity contribution in [1.29, 1.82) is 0 Å². The lowest BCUT2D eigenvalue weighted by atomic mass is 10.0. The minimum absolute atomic E-state index is 0.255. The third-order valence-corrected chi connectivity index (χ3v) is 4.98. The molecule has 0 aliphatic carbocycles. The Morgan fingerprint density at radius 2 is 1.84 bits per heavy atom. The van der Waals surface area contributed by atoms with Gasteiger partial charge in [0.15, 0.2) is 11.5 Å². The molecule has 1 N–H and O–H groups in total. The summed E-state index contributed by atoms with van der Waals surface area (Å²) in [4.78, 5) is 2.29. The lowest BCUT2D eigenvalue weighted by molar-refractivity contribution is 0.106. The zero-order valence-electron chi connectivity index (χ0n) is 14.0. The number of aliphatic hydroxyl groups excluding tert-OH is 1. The molecule has 2 unspecified atom stereocenters. The second-order valence-electron chi connectivity index (χ2n) is 6.62. The van der Waals surface area contributed by atoms with Gasteiger partial charge in [0.25, 0.3) is 0 Å². The second-order valence-corrected chi connectivity index (χ2v) is 6.62. The van der Waals surface area contributed by atoms with E-state index in [-0.39, 0.29) is 11.9 Å². The smallest absolute Gasteiger partial charge is 0.161 e. The van der Waals surface area contributed by atoms with Crippen LogP contribution in [-0.2, 0) is 0 Å². The Balaban J connectivity index is 1.49. The summed E-state index contributed by atoms with van der Waals surface area (Å²) in [7, 11) is 0. The first-order chi connectivity index (χ1) is 12.2. The number of hydrogen-bond acceptors (Lipinski definition) is 4. The highest BCUT2D eigenvalue weighted by Crippen LogP contribution is 2.38. The molecule has 0 amide bonds. The Morgan fingerprint density at radius 1 is 1.08 bits per heavy atom. The van der Waals surface area contributed by atoms with Gasteiger partial charge in [-0.05, 0) is 54.8 Å². The van der Waals surface area contributed by atoms with Crippen molar-refractivity contribution in [2.45, 2.75) is 25.0 Å². The third kappa shape index (κ3) is 3.48. The van der Waals surface area contributed by atoms with Crippen LogP contribution in [0.4, 0.5) is 4.39 Å². The van der Waals surface area contributed by atoms with Gasteiger partial charge in [0.2, 0.25) is 0 Å². The lowest BCUT2D eigenvalue weighted by Gasteiger charge is -2.28. The van der Waals surface area contributed by atoms with Gasteiger partial charge in [-0.1, -0.05) is 18.2 Å². The normalized spacial score (nSPS) is 21.3. The SMILES string of the molecule is OC(CN1CCCC1c1ccc2c(c1)OCCO2)c1ccc(F)cc1. The van der Waals surface area contributed by atoms with E-state index in [4.69, 9.17) is 9.47 Å². The van der Waals surface area contributed by atoms with E-state index < -0.39 is 6.10 Å². The lowest BCUT2D eigenvalue weighted by Crippen LogP contribution is -2.28. The van der Waals surface area contributed by atoms with Gasteiger partial charge in [-0.2, -0.15) is 0 Å². The quantitative estimate of drug-likeness (QED) is 0.923. The molecule has 1 saturated heterocycles. The number of aliphatic hydroxyl groups is 1. The predicted molar refractivity (Wildman–Crippen MR) is 92.3 cm³/mol. The fraction of sp³-hybridized carbons (Fsp3) is 0.400. The van der Waals surface area contributed by atoms with Crippen molar-refractivity contribution in [3.05, 3.63) is 59.4 Å². The topological polar surface area (TPSA) is 41.9 Å². The predicted octanol–water partition coefficient (Wildman–Crippen LogP) is 3.47. The van der Waals surface area contributed by atoms with Crippen LogP contribution in [0.25, 0.3) is 0 Å². The molecule has 1 fully saturated rings. The third-order valence-electron chi connectivity index (χ3n) is 4.98. The molecular weight excluding hydrogens is 321 g/mol. The zero-order chi connectivity index (χ0) is 17.2. The van der Waals surface area contributed by atoms with Crippen LogP contribution in [0.2, 0.25) is 0 Å². The van der Waals surface area contributed by atoms with E-state index >= 15 is 0 Å². The maximum Gasteiger partial charge on any atom is 0.161 e. The summed E-state index contributed by atoms with van der Waals surface area (Å²) >= 11 is 0. The second kappa shape index (κ2) is 7.02. The molecule has 4 nitrogen and oxygen atoms in total. The number of ether oxygens (including phenoxy) is 2. The van der Waals surface area contributed by atoms with Crippen LogP contribution < -0.4 is 9.47 Å². The summed E-state index contributed by atoms with van der Waals surface area (Å²) in [6.45, 7) is 2.64. The summed E-state index contributed by atoms with van der Waals surface area (Å²) < 4.78 is 24.3. The summed E-state index contributed by atoms with van der Waals surface area (Å²) in [5, 5.41) is 10.5. The summed E-state index contributed by atoms with van der Waals surface area (Å²) in [6, 6.07) is 12.4. The highest BCUT2D eigenvalue weighted by atomic mass is 19.1. The number of hydrogen-bond donors (Lipinski definition) is 1. The Morgan fingerprint density at radius 3 is 2.64 bits per heavy atom. The number of nitrogens with zero attached hydrogens (tertiary/aromatic N) is 1. The fourth-order valence-corrected chi connectivity index (χ4v) is 3.70. The number of rotatable bonds is 4. The molecule has 132 valence electrons. The van der Waals surface area contributed by atoms with Gasteiger partial charge < -0.3 is 14.6 Å². The van der Waals surface area contributed by atoms with Crippen molar-refractivity contribution in [2.24, 2.45) is 0 Å². The molecule has 0 radical (unpaired) electrons. The van der Waals surface area contributed by atoms with Gasteiger partial charge in [-0.25, -0.2) is 4.39 Å². The van der Waals surface area contributed by atoms with Crippen molar-refractivity contribution in [1.82, 2.24) is 4.90 Å². The van der Waals surface area contributed by atoms with Crippen molar-refractivity contribution in [2.75, 3.05) is 26.3 Å². The summed E-state index contributed by atoms with van der Waals surface area (Å²) in [5.74, 6) is 1.31. The Labute approximate surface area is 146 Å². The van der Waals surface area contributed by atoms with Crippen LogP contribution in [0.15, 0.2) is 42.5 Å². The molecule has 2 aromatic carbocycles. The highest BCUT2D eigenvalue weighted by Gasteiger charge is 2.29. The molecule has 0 saturated carbocycles. The Hall–Kier alpha value is -2.11. The fourth-order valence-electron chi connectivity index (χ4n) is 3.70. The van der Waals surface area contributed by atoms with Crippen molar-refractivity contribution in [3.8, 4) is 11.5 Å². The average molecular weight is 343 g/mol. The number of halogens is 1. The Bertz CT molecular complexity index is 734. The van der Waals surface area contributed by atoms with Crippen LogP contribution in [-0.4, -0.2) is 36.3 Å². The number of likely N-dealkylation sites (tertiary alicyclic amines) is 1. The van der Waals surface area contributed by atoms with E-state index in [1.807, 2.05) is 6.07 Å². The van der Waals surface area contributed by atoms with E-state index in [2.05, 4.69) is 17.0 Å². The molecule has 2 atom stereocenters. The minimum Gasteiger partial charge on any atom is -0.486 e. The zero-order valence-corrected chi connectivity index (χ0v) is 14.0. The first kappa shape index (κ1) is 16.4. The van der Waals surface area contributed by atoms with Crippen LogP contribution in [0.1, 0.15) is 36.1 Å². The molecule has 2 aromatic rings. The van der Waals surface area contributed by atoms with E-state index in [9.17, 15) is 9.50 Å². The molecule has 2 heterocycles. The van der Waals surface area contributed by atoms with Crippen molar-refractivity contribution in [3.63, 3.8) is 0 Å². The Kier molecular flexibility index (Phi) is 4.59. The van der Waals surface area contributed by atoms with Crippen LogP contribution in [0.3, 0.4) is 0 Å². The number of benzene rings is 2.